The van der Waals surface area contributed by atoms with Gasteiger partial charge in [-0.1, -0.05) is 32.3 Å². The number of rotatable bonds is 4. The van der Waals surface area contributed by atoms with Gasteiger partial charge in [0.1, 0.15) is 6.33 Å². The van der Waals surface area contributed by atoms with E-state index in [2.05, 4.69) is 34.0 Å². The van der Waals surface area contributed by atoms with Gasteiger partial charge in [-0.05, 0) is 56.2 Å². The lowest BCUT2D eigenvalue weighted by Crippen LogP contribution is -2.36. The van der Waals surface area contributed by atoms with Crippen molar-refractivity contribution < 1.29 is 4.74 Å². The molecule has 2 aromatic rings. The topological polar surface area (TPSA) is 47.9 Å². The number of aryl methyl sites for hydroxylation is 1. The average Bonchev–Trinajstić information content (AvgIpc) is 3.16. The van der Waals surface area contributed by atoms with Crippen LogP contribution in [-0.2, 0) is 11.2 Å². The van der Waals surface area contributed by atoms with E-state index < -0.39 is 0 Å². The molecule has 4 rings (SSSR count). The Morgan fingerprint density at radius 1 is 1.15 bits per heavy atom. The van der Waals surface area contributed by atoms with E-state index in [1.807, 2.05) is 24.7 Å². The molecular formula is C22H31N3O. The summed E-state index contributed by atoms with van der Waals surface area (Å²) in [6.07, 6.45) is 18.3. The molecule has 0 amide bonds. The third-order valence-corrected chi connectivity index (χ3v) is 5.55. The molecule has 2 aliphatic rings. The van der Waals surface area contributed by atoms with Crippen LogP contribution in [0.25, 0.3) is 0 Å². The molecule has 140 valence electrons. The monoisotopic (exact) mass is 353 g/mol. The van der Waals surface area contributed by atoms with Crippen molar-refractivity contribution in [1.82, 2.24) is 15.0 Å². The molecule has 0 aromatic carbocycles. The molecule has 0 bridgehead atoms. The second-order valence-electron chi connectivity index (χ2n) is 7.53. The first-order valence-electron chi connectivity index (χ1n) is 10.1. The van der Waals surface area contributed by atoms with Crippen molar-refractivity contribution in [1.29, 1.82) is 0 Å². The zero-order chi connectivity index (χ0) is 18.1. The number of unbranched alkanes of at least 4 members (excludes halogenated alkanes) is 1. The summed E-state index contributed by atoms with van der Waals surface area (Å²) in [5, 5.41) is 0. The largest absolute Gasteiger partial charge is 0.375 e. The number of hydrogen-bond acceptors (Lipinski definition) is 4. The number of hydrogen-bond donors (Lipinski definition) is 0. The van der Waals surface area contributed by atoms with E-state index in [0.717, 1.165) is 19.4 Å². The van der Waals surface area contributed by atoms with E-state index in [1.165, 1.54) is 56.2 Å². The van der Waals surface area contributed by atoms with Gasteiger partial charge in [0.05, 0.1) is 5.60 Å². The zero-order valence-electron chi connectivity index (χ0n) is 15.9. The van der Waals surface area contributed by atoms with Crippen LogP contribution in [0.4, 0.5) is 0 Å². The van der Waals surface area contributed by atoms with Crippen molar-refractivity contribution >= 4 is 0 Å². The summed E-state index contributed by atoms with van der Waals surface area (Å²) in [5.41, 5.74) is 2.71. The molecule has 4 heteroatoms. The maximum atomic E-state index is 6.05. The number of ether oxygens (including phenoxy) is 1. The van der Waals surface area contributed by atoms with Gasteiger partial charge in [-0.15, -0.1) is 0 Å². The van der Waals surface area contributed by atoms with Crippen molar-refractivity contribution in [3.63, 3.8) is 0 Å². The highest BCUT2D eigenvalue weighted by Gasteiger charge is 2.40. The van der Waals surface area contributed by atoms with E-state index in [1.54, 1.807) is 6.33 Å². The minimum Gasteiger partial charge on any atom is -0.375 e. The first-order chi connectivity index (χ1) is 12.8. The molecule has 2 fully saturated rings. The predicted octanol–water partition coefficient (Wildman–Crippen LogP) is 5.11. The molecular weight excluding hydrogens is 322 g/mol. The fourth-order valence-electron chi connectivity index (χ4n) is 4.11. The van der Waals surface area contributed by atoms with Gasteiger partial charge in [0.25, 0.3) is 0 Å². The third kappa shape index (κ3) is 5.34. The molecule has 2 aromatic heterocycles. The normalized spacial score (nSPS) is 21.2. The van der Waals surface area contributed by atoms with Crippen molar-refractivity contribution in [3.05, 3.63) is 54.4 Å². The van der Waals surface area contributed by atoms with Gasteiger partial charge >= 0.3 is 0 Å². The fraction of sp³-hybridized carbons (Fsp3) is 0.591. The summed E-state index contributed by atoms with van der Waals surface area (Å²) in [4.78, 5) is 12.4. The average molecular weight is 354 g/mol. The Bertz CT molecular complexity index is 626. The minimum absolute atomic E-state index is 0.209. The van der Waals surface area contributed by atoms with Crippen LogP contribution in [0.15, 0.2) is 43.1 Å². The van der Waals surface area contributed by atoms with Crippen LogP contribution in [0, 0.1) is 0 Å². The summed E-state index contributed by atoms with van der Waals surface area (Å²) < 4.78 is 6.05. The van der Waals surface area contributed by atoms with Crippen molar-refractivity contribution in [2.24, 2.45) is 0 Å². The van der Waals surface area contributed by atoms with E-state index in [-0.39, 0.29) is 5.60 Å². The fourth-order valence-corrected chi connectivity index (χ4v) is 4.11. The van der Waals surface area contributed by atoms with Crippen LogP contribution in [0.3, 0.4) is 0 Å². The van der Waals surface area contributed by atoms with Gasteiger partial charge in [0.2, 0.25) is 0 Å². The summed E-state index contributed by atoms with van der Waals surface area (Å²) in [7, 11) is 0. The molecule has 0 radical (unpaired) electrons. The maximum Gasteiger partial charge on any atom is 0.115 e. The van der Waals surface area contributed by atoms with Crippen LogP contribution < -0.4 is 0 Å². The molecule has 1 spiro atoms. The zero-order valence-corrected chi connectivity index (χ0v) is 15.9. The van der Waals surface area contributed by atoms with Crippen molar-refractivity contribution in [2.75, 3.05) is 6.61 Å². The summed E-state index contributed by atoms with van der Waals surface area (Å²) in [6, 6.07) is 6.26. The Hall–Kier alpha value is -1.81. The molecule has 1 saturated heterocycles. The van der Waals surface area contributed by atoms with Gasteiger partial charge in [0.15, 0.2) is 0 Å². The third-order valence-electron chi connectivity index (χ3n) is 5.55. The lowest BCUT2D eigenvalue weighted by molar-refractivity contribution is -0.0809. The summed E-state index contributed by atoms with van der Waals surface area (Å²) >= 11 is 0. The van der Waals surface area contributed by atoms with Crippen LogP contribution >= 0.6 is 0 Å². The smallest absolute Gasteiger partial charge is 0.115 e. The van der Waals surface area contributed by atoms with Gasteiger partial charge in [-0.2, -0.15) is 0 Å². The quantitative estimate of drug-likeness (QED) is 0.766. The number of aromatic nitrogens is 3. The summed E-state index contributed by atoms with van der Waals surface area (Å²) in [5.74, 6) is 0.619. The Morgan fingerprint density at radius 3 is 2.65 bits per heavy atom. The van der Waals surface area contributed by atoms with Crippen LogP contribution in [-0.4, -0.2) is 27.2 Å². The lowest BCUT2D eigenvalue weighted by atomic mass is 9.83. The van der Waals surface area contributed by atoms with Crippen LogP contribution in [0.1, 0.15) is 75.5 Å². The molecule has 1 saturated carbocycles. The number of nitrogens with zero attached hydrogens (tertiary/aromatic N) is 3. The second-order valence-corrected chi connectivity index (χ2v) is 7.53. The van der Waals surface area contributed by atoms with Crippen molar-refractivity contribution in [2.45, 2.75) is 76.2 Å². The Morgan fingerprint density at radius 2 is 1.96 bits per heavy atom. The van der Waals surface area contributed by atoms with E-state index in [9.17, 15) is 0 Å². The second kappa shape index (κ2) is 9.77. The Labute approximate surface area is 157 Å². The molecule has 1 aliphatic heterocycles. The molecule has 3 heterocycles. The molecule has 0 unspecified atom stereocenters. The molecule has 4 nitrogen and oxygen atoms in total. The van der Waals surface area contributed by atoms with E-state index >= 15 is 0 Å². The summed E-state index contributed by atoms with van der Waals surface area (Å²) in [6.45, 7) is 3.10. The van der Waals surface area contributed by atoms with Gasteiger partial charge in [-0.3, -0.25) is 4.98 Å². The first-order valence-corrected chi connectivity index (χ1v) is 10.1. The van der Waals surface area contributed by atoms with Crippen molar-refractivity contribution in [3.8, 4) is 0 Å². The minimum atomic E-state index is 0.209. The number of pyridine rings is 1. The maximum absolute atomic E-state index is 6.05. The van der Waals surface area contributed by atoms with Crippen LogP contribution in [0.5, 0.6) is 0 Å². The first kappa shape index (κ1) is 19.0. The highest BCUT2D eigenvalue weighted by molar-refractivity contribution is 5.12. The highest BCUT2D eigenvalue weighted by atomic mass is 16.5. The van der Waals surface area contributed by atoms with Gasteiger partial charge < -0.3 is 4.74 Å². The highest BCUT2D eigenvalue weighted by Crippen LogP contribution is 2.44. The Kier molecular flexibility index (Phi) is 7.13. The van der Waals surface area contributed by atoms with E-state index in [0.29, 0.717) is 5.92 Å². The molecule has 1 atom stereocenters. The van der Waals surface area contributed by atoms with Gasteiger partial charge in [-0.25, -0.2) is 9.97 Å². The van der Waals surface area contributed by atoms with E-state index in [4.69, 9.17) is 4.74 Å². The molecule has 26 heavy (non-hydrogen) atoms. The molecule has 0 N–H and O–H groups in total. The SMILES string of the molecule is CCCCc1cncnc1.c1ccc([C@@H]2CCOC3(CCCC3)C2)nc1. The van der Waals surface area contributed by atoms with Gasteiger partial charge in [0, 0.05) is 36.8 Å². The molecule has 1 aliphatic carbocycles. The standard InChI is InChI=1S/C14H19NO.C8H12N2/c1-4-9-15-13(5-1)12-6-10-16-14(11-12)7-2-3-8-14;1-2-3-4-8-5-9-7-10-6-8/h1,4-5,9,12H,2-3,6-8,10-11H2;5-7H,2-4H2,1H3/t12-;/m1./s1. The lowest BCUT2D eigenvalue weighted by Gasteiger charge is -2.38. The Balaban J connectivity index is 0.000000170. The predicted molar refractivity (Wildman–Crippen MR) is 104 cm³/mol. The van der Waals surface area contributed by atoms with Crippen LogP contribution in [0.2, 0.25) is 0 Å².